The Bertz CT molecular complexity index is 971. The van der Waals surface area contributed by atoms with Gasteiger partial charge < -0.3 is 9.64 Å². The molecule has 0 aliphatic carbocycles. The van der Waals surface area contributed by atoms with Gasteiger partial charge in [-0.05, 0) is 42.3 Å². The molecule has 0 aromatic heterocycles. The molecule has 0 N–H and O–H groups in total. The number of aliphatic imine (C=N–C) groups is 1. The number of benzene rings is 2. The largest absolute Gasteiger partial charge is 0.497 e. The molecule has 0 amide bonds. The number of fused-ring (bicyclic) bond motifs is 1. The molecule has 1 saturated heterocycles. The number of rotatable bonds is 4. The fourth-order valence-electron chi connectivity index (χ4n) is 3.46. The van der Waals surface area contributed by atoms with Gasteiger partial charge in [0, 0.05) is 10.9 Å². The van der Waals surface area contributed by atoms with Crippen molar-refractivity contribution in [3.05, 3.63) is 59.7 Å². The summed E-state index contributed by atoms with van der Waals surface area (Å²) in [6.07, 6.45) is 0. The summed E-state index contributed by atoms with van der Waals surface area (Å²) in [5.74, 6) is 1.18. The smallest absolute Gasteiger partial charge is 0.164 e. The van der Waals surface area contributed by atoms with Crippen LogP contribution in [-0.2, 0) is 16.4 Å². The molecule has 2 aromatic carbocycles. The van der Waals surface area contributed by atoms with Crippen LogP contribution < -0.4 is 9.64 Å². The molecular formula is C20H22N2O3S2. The minimum Gasteiger partial charge on any atom is -0.497 e. The van der Waals surface area contributed by atoms with E-state index in [9.17, 15) is 8.42 Å². The molecule has 27 heavy (non-hydrogen) atoms. The van der Waals surface area contributed by atoms with Gasteiger partial charge in [-0.3, -0.25) is 4.99 Å². The first-order valence-corrected chi connectivity index (χ1v) is 11.6. The lowest BCUT2D eigenvalue weighted by Gasteiger charge is -2.25. The molecule has 2 aliphatic rings. The molecule has 0 radical (unpaired) electrons. The highest BCUT2D eigenvalue weighted by Crippen LogP contribution is 2.37. The van der Waals surface area contributed by atoms with E-state index in [-0.39, 0.29) is 22.8 Å². The third-order valence-corrected chi connectivity index (χ3v) is 8.26. The molecule has 1 fully saturated rings. The summed E-state index contributed by atoms with van der Waals surface area (Å²) >= 11 is 1.59. The number of amidine groups is 1. The van der Waals surface area contributed by atoms with Gasteiger partial charge >= 0.3 is 0 Å². The van der Waals surface area contributed by atoms with Crippen LogP contribution in [0.3, 0.4) is 0 Å². The maximum absolute atomic E-state index is 11.9. The minimum atomic E-state index is -2.96. The fraction of sp³-hybridized carbons (Fsp3) is 0.350. The van der Waals surface area contributed by atoms with Gasteiger partial charge in [0.25, 0.3) is 0 Å². The lowest BCUT2D eigenvalue weighted by molar-refractivity contribution is 0.415. The van der Waals surface area contributed by atoms with Crippen LogP contribution in [0.5, 0.6) is 5.75 Å². The van der Waals surface area contributed by atoms with Crippen molar-refractivity contribution in [1.82, 2.24) is 0 Å². The van der Waals surface area contributed by atoms with Gasteiger partial charge in [0.15, 0.2) is 15.0 Å². The quantitative estimate of drug-likeness (QED) is 0.786. The van der Waals surface area contributed by atoms with Gasteiger partial charge in [0.2, 0.25) is 0 Å². The number of sulfone groups is 1. The van der Waals surface area contributed by atoms with Crippen LogP contribution in [0.15, 0.2) is 53.5 Å². The molecule has 0 saturated carbocycles. The Morgan fingerprint density at radius 1 is 1.15 bits per heavy atom. The Hall–Kier alpha value is -1.99. The zero-order valence-electron chi connectivity index (χ0n) is 15.3. The van der Waals surface area contributed by atoms with Crippen LogP contribution in [0.4, 0.5) is 5.69 Å². The third-order valence-electron chi connectivity index (χ3n) is 5.01. The maximum Gasteiger partial charge on any atom is 0.164 e. The van der Waals surface area contributed by atoms with Crippen molar-refractivity contribution in [3.63, 3.8) is 0 Å². The minimum absolute atomic E-state index is 0.0302. The highest BCUT2D eigenvalue weighted by molar-refractivity contribution is 8.15. The fourth-order valence-corrected chi connectivity index (χ4v) is 7.24. The van der Waals surface area contributed by atoms with Gasteiger partial charge in [-0.2, -0.15) is 0 Å². The van der Waals surface area contributed by atoms with Crippen molar-refractivity contribution in [1.29, 1.82) is 0 Å². The molecule has 0 bridgehead atoms. The molecule has 7 heteroatoms. The van der Waals surface area contributed by atoms with Crippen molar-refractivity contribution in [3.8, 4) is 5.75 Å². The average Bonchev–Trinajstić information content (AvgIpc) is 3.14. The molecule has 142 valence electrons. The SMILES string of the molecule is COc1ccc(N(Cc2ccccc2C)C2=N[C@@H]3CS(=O)(=O)C[C@H]3S2)cc1. The summed E-state index contributed by atoms with van der Waals surface area (Å²) in [4.78, 5) is 6.96. The van der Waals surface area contributed by atoms with E-state index in [4.69, 9.17) is 9.73 Å². The first-order chi connectivity index (χ1) is 12.9. The van der Waals surface area contributed by atoms with Crippen molar-refractivity contribution in [2.75, 3.05) is 23.5 Å². The normalized spacial score (nSPS) is 23.0. The Morgan fingerprint density at radius 3 is 2.56 bits per heavy atom. The lowest BCUT2D eigenvalue weighted by Crippen LogP contribution is -2.28. The van der Waals surface area contributed by atoms with Gasteiger partial charge in [0.05, 0.1) is 31.2 Å². The number of aryl methyl sites for hydroxylation is 1. The summed E-state index contributed by atoms with van der Waals surface area (Å²) < 4.78 is 29.0. The van der Waals surface area contributed by atoms with Crippen molar-refractivity contribution < 1.29 is 13.2 Å². The molecular weight excluding hydrogens is 380 g/mol. The average molecular weight is 403 g/mol. The predicted octanol–water partition coefficient (Wildman–Crippen LogP) is 3.28. The van der Waals surface area contributed by atoms with E-state index >= 15 is 0 Å². The Morgan fingerprint density at radius 2 is 1.89 bits per heavy atom. The molecule has 2 aliphatic heterocycles. The first kappa shape index (κ1) is 18.4. The summed E-state index contributed by atoms with van der Waals surface area (Å²) in [5.41, 5.74) is 3.47. The summed E-state index contributed by atoms with van der Waals surface area (Å²) in [6.45, 7) is 2.80. The molecule has 0 unspecified atom stereocenters. The van der Waals surface area contributed by atoms with Crippen molar-refractivity contribution in [2.45, 2.75) is 24.8 Å². The van der Waals surface area contributed by atoms with E-state index in [2.05, 4.69) is 24.0 Å². The van der Waals surface area contributed by atoms with E-state index in [0.29, 0.717) is 6.54 Å². The molecule has 2 aromatic rings. The van der Waals surface area contributed by atoms with Crippen LogP contribution in [0.25, 0.3) is 0 Å². The number of anilines is 1. The van der Waals surface area contributed by atoms with Crippen LogP contribution >= 0.6 is 11.8 Å². The highest BCUT2D eigenvalue weighted by Gasteiger charge is 2.44. The number of hydrogen-bond acceptors (Lipinski definition) is 6. The van der Waals surface area contributed by atoms with E-state index < -0.39 is 9.84 Å². The van der Waals surface area contributed by atoms with E-state index in [1.165, 1.54) is 11.1 Å². The molecule has 0 spiro atoms. The van der Waals surface area contributed by atoms with Crippen molar-refractivity contribution in [2.24, 2.45) is 4.99 Å². The number of methoxy groups -OCH3 is 1. The van der Waals surface area contributed by atoms with Crippen LogP contribution in [0.1, 0.15) is 11.1 Å². The highest BCUT2D eigenvalue weighted by atomic mass is 32.2. The number of nitrogens with zero attached hydrogens (tertiary/aromatic N) is 2. The Labute approximate surface area is 164 Å². The van der Waals surface area contributed by atoms with Crippen LogP contribution in [0.2, 0.25) is 0 Å². The number of thioether (sulfide) groups is 1. The topological polar surface area (TPSA) is 59.0 Å². The van der Waals surface area contributed by atoms with Gasteiger partial charge in [-0.1, -0.05) is 36.0 Å². The molecule has 5 nitrogen and oxygen atoms in total. The second-order valence-corrected chi connectivity index (χ2v) is 10.3. The first-order valence-electron chi connectivity index (χ1n) is 8.86. The standard InChI is InChI=1S/C20H22N2O3S2/c1-14-5-3-4-6-15(14)11-22(16-7-9-17(25-2)10-8-16)20-21-18-12-27(23,24)13-19(18)26-20/h3-10,18-19H,11-13H2,1-2H3/t18-,19-/m1/s1. The zero-order chi connectivity index (χ0) is 19.0. The summed E-state index contributed by atoms with van der Waals surface area (Å²) in [5, 5.41) is 0.927. The van der Waals surface area contributed by atoms with E-state index in [1.54, 1.807) is 18.9 Å². The summed E-state index contributed by atoms with van der Waals surface area (Å²) in [7, 11) is -1.31. The lowest BCUT2D eigenvalue weighted by atomic mass is 10.1. The number of ether oxygens (including phenoxy) is 1. The Balaban J connectivity index is 1.67. The van der Waals surface area contributed by atoms with Gasteiger partial charge in [-0.15, -0.1) is 0 Å². The second kappa shape index (κ2) is 7.20. The second-order valence-electron chi connectivity index (χ2n) is 6.92. The number of hydrogen-bond donors (Lipinski definition) is 0. The third kappa shape index (κ3) is 3.84. The van der Waals surface area contributed by atoms with Crippen molar-refractivity contribution >= 4 is 32.5 Å². The monoisotopic (exact) mass is 402 g/mol. The van der Waals surface area contributed by atoms with Gasteiger partial charge in [0.1, 0.15) is 5.75 Å². The van der Waals surface area contributed by atoms with Gasteiger partial charge in [-0.25, -0.2) is 8.42 Å². The van der Waals surface area contributed by atoms with Crippen LogP contribution in [-0.4, -0.2) is 43.5 Å². The Kier molecular flexibility index (Phi) is 4.90. The maximum atomic E-state index is 11.9. The van der Waals surface area contributed by atoms with E-state index in [1.807, 2.05) is 36.4 Å². The van der Waals surface area contributed by atoms with Crippen LogP contribution in [0, 0.1) is 6.92 Å². The predicted molar refractivity (Wildman–Crippen MR) is 112 cm³/mol. The molecule has 2 heterocycles. The summed E-state index contributed by atoms with van der Waals surface area (Å²) in [6, 6.07) is 16.1. The molecule has 4 rings (SSSR count). The van der Waals surface area contributed by atoms with E-state index in [0.717, 1.165) is 16.6 Å². The molecule has 2 atom stereocenters. The zero-order valence-corrected chi connectivity index (χ0v) is 17.0.